The molecular formula is C8H22N2O2Si. The molecule has 0 rings (SSSR count). The highest BCUT2D eigenvalue weighted by molar-refractivity contribution is 6.65. The molecule has 1 N–H and O–H groups in total. The Hall–Kier alpha value is 0.0569. The molecule has 4 nitrogen and oxygen atoms in total. The molecule has 0 amide bonds. The molecule has 0 aliphatic carbocycles. The normalized spacial score (nSPS) is 12.5. The molecule has 5 heteroatoms. The van der Waals surface area contributed by atoms with Gasteiger partial charge in [0.05, 0.1) is 0 Å². The van der Waals surface area contributed by atoms with E-state index in [1.807, 2.05) is 19.1 Å². The molecule has 0 aliphatic rings. The largest absolute Gasteiger partial charge is 0.398 e. The van der Waals surface area contributed by atoms with Crippen LogP contribution in [0, 0.1) is 0 Å². The fourth-order valence-corrected chi connectivity index (χ4v) is 2.39. The van der Waals surface area contributed by atoms with Crippen molar-refractivity contribution in [1.29, 1.82) is 0 Å². The van der Waals surface area contributed by atoms with Crippen molar-refractivity contribution in [3.05, 3.63) is 0 Å². The topological polar surface area (TPSA) is 33.7 Å². The van der Waals surface area contributed by atoms with Gasteiger partial charge in [0.2, 0.25) is 0 Å². The first kappa shape index (κ1) is 13.1. The second-order valence-electron chi connectivity index (χ2n) is 3.45. The fourth-order valence-electron chi connectivity index (χ4n) is 1.000. The van der Waals surface area contributed by atoms with Gasteiger partial charge < -0.3 is 8.85 Å². The van der Waals surface area contributed by atoms with Gasteiger partial charge in [-0.15, -0.1) is 0 Å². The number of rotatable bonds is 7. The minimum atomic E-state index is -1.83. The van der Waals surface area contributed by atoms with Crippen LogP contribution in [0.3, 0.4) is 0 Å². The number of hydrogen-bond donors (Lipinski definition) is 1. The van der Waals surface area contributed by atoms with E-state index in [4.69, 9.17) is 8.85 Å². The predicted octanol–water partition coefficient (Wildman–Crippen LogP) is 0.807. The molecule has 0 spiro atoms. The lowest BCUT2D eigenvalue weighted by Gasteiger charge is -2.23. The van der Waals surface area contributed by atoms with E-state index in [2.05, 4.69) is 12.0 Å². The molecule has 0 saturated carbocycles. The highest BCUT2D eigenvalue weighted by atomic mass is 28.4. The maximum Gasteiger partial charge on any atom is 0.334 e. The zero-order chi connectivity index (χ0) is 10.3. The molecule has 0 heterocycles. The Balaban J connectivity index is 3.50. The summed E-state index contributed by atoms with van der Waals surface area (Å²) in [5.41, 5.74) is 3.21. The van der Waals surface area contributed by atoms with Crippen molar-refractivity contribution in [2.45, 2.75) is 19.0 Å². The summed E-state index contributed by atoms with van der Waals surface area (Å²) in [7, 11) is 5.61. The Morgan fingerprint density at radius 1 is 1.23 bits per heavy atom. The third-order valence-electron chi connectivity index (χ3n) is 2.10. The minimum absolute atomic E-state index is 0.975. The van der Waals surface area contributed by atoms with Gasteiger partial charge in [-0.25, -0.2) is 0 Å². The van der Waals surface area contributed by atoms with Crippen LogP contribution in [-0.4, -0.2) is 48.4 Å². The monoisotopic (exact) mass is 206 g/mol. The minimum Gasteiger partial charge on any atom is -0.398 e. The van der Waals surface area contributed by atoms with Crippen LogP contribution in [0.2, 0.25) is 12.6 Å². The Labute approximate surface area is 82.4 Å². The summed E-state index contributed by atoms with van der Waals surface area (Å²) in [4.78, 5) is 0. The van der Waals surface area contributed by atoms with Crippen LogP contribution < -0.4 is 5.43 Å². The number of nitrogens with one attached hydrogen (secondary N) is 1. The molecule has 0 aromatic heterocycles. The van der Waals surface area contributed by atoms with Crippen molar-refractivity contribution in [3.8, 4) is 0 Å². The van der Waals surface area contributed by atoms with Gasteiger partial charge in [-0.05, 0) is 19.0 Å². The maximum atomic E-state index is 5.37. The van der Waals surface area contributed by atoms with Crippen LogP contribution in [0.4, 0.5) is 0 Å². The molecule has 0 bridgehead atoms. The zero-order valence-electron chi connectivity index (χ0n) is 9.39. The van der Waals surface area contributed by atoms with Gasteiger partial charge in [0.25, 0.3) is 0 Å². The first-order valence-electron chi connectivity index (χ1n) is 4.55. The van der Waals surface area contributed by atoms with Gasteiger partial charge in [-0.2, -0.15) is 0 Å². The van der Waals surface area contributed by atoms with Crippen molar-refractivity contribution in [2.75, 3.05) is 34.9 Å². The standard InChI is InChI=1S/C8H22N2O2Si/c1-10(2)9-7-6-8-13(5,11-3)12-4/h9H,6-8H2,1-5H3. The second kappa shape index (κ2) is 6.50. The van der Waals surface area contributed by atoms with Crippen molar-refractivity contribution in [3.63, 3.8) is 0 Å². The van der Waals surface area contributed by atoms with Crippen LogP contribution in [0.1, 0.15) is 6.42 Å². The Bertz CT molecular complexity index is 129. The van der Waals surface area contributed by atoms with E-state index >= 15 is 0 Å². The molecule has 0 aromatic rings. The summed E-state index contributed by atoms with van der Waals surface area (Å²) in [6.45, 7) is 3.06. The summed E-state index contributed by atoms with van der Waals surface area (Å²) in [5.74, 6) is 0. The lowest BCUT2D eigenvalue weighted by Crippen LogP contribution is -2.38. The summed E-state index contributed by atoms with van der Waals surface area (Å²) in [5, 5.41) is 1.96. The van der Waals surface area contributed by atoms with E-state index < -0.39 is 8.56 Å². The lowest BCUT2D eigenvalue weighted by atomic mass is 10.5. The maximum absolute atomic E-state index is 5.37. The molecule has 0 radical (unpaired) electrons. The fraction of sp³-hybridized carbons (Fsp3) is 1.00. The highest BCUT2D eigenvalue weighted by Gasteiger charge is 2.27. The van der Waals surface area contributed by atoms with E-state index in [-0.39, 0.29) is 0 Å². The second-order valence-corrected chi connectivity index (χ2v) is 7.03. The smallest absolute Gasteiger partial charge is 0.334 e. The zero-order valence-corrected chi connectivity index (χ0v) is 10.4. The average molecular weight is 206 g/mol. The molecule has 0 aromatic carbocycles. The van der Waals surface area contributed by atoms with Gasteiger partial charge in [-0.3, -0.25) is 10.4 Å². The van der Waals surface area contributed by atoms with Crippen LogP contribution in [0.5, 0.6) is 0 Å². The summed E-state index contributed by atoms with van der Waals surface area (Å²) >= 11 is 0. The van der Waals surface area contributed by atoms with Crippen molar-refractivity contribution in [1.82, 2.24) is 10.4 Å². The van der Waals surface area contributed by atoms with E-state index in [1.54, 1.807) is 14.2 Å². The summed E-state index contributed by atoms with van der Waals surface area (Å²) in [6, 6.07) is 1.03. The summed E-state index contributed by atoms with van der Waals surface area (Å²) in [6.07, 6.45) is 1.09. The SMILES string of the molecule is CO[Si](C)(CCCNN(C)C)OC. The molecule has 13 heavy (non-hydrogen) atoms. The number of hydrogen-bond acceptors (Lipinski definition) is 4. The van der Waals surface area contributed by atoms with Gasteiger partial charge in [0.1, 0.15) is 0 Å². The first-order valence-corrected chi connectivity index (χ1v) is 7.07. The predicted molar refractivity (Wildman–Crippen MR) is 56.7 cm³/mol. The van der Waals surface area contributed by atoms with Crippen LogP contribution >= 0.6 is 0 Å². The van der Waals surface area contributed by atoms with E-state index in [1.165, 1.54) is 0 Å². The Morgan fingerprint density at radius 3 is 2.15 bits per heavy atom. The van der Waals surface area contributed by atoms with Crippen LogP contribution in [-0.2, 0) is 8.85 Å². The van der Waals surface area contributed by atoms with E-state index in [9.17, 15) is 0 Å². The van der Waals surface area contributed by atoms with Crippen LogP contribution in [0.25, 0.3) is 0 Å². The van der Waals surface area contributed by atoms with Crippen LogP contribution in [0.15, 0.2) is 0 Å². The molecule has 0 saturated heterocycles. The van der Waals surface area contributed by atoms with E-state index in [0.29, 0.717) is 0 Å². The molecular weight excluding hydrogens is 184 g/mol. The lowest BCUT2D eigenvalue weighted by molar-refractivity contribution is 0.244. The Morgan fingerprint density at radius 2 is 1.77 bits per heavy atom. The summed E-state index contributed by atoms with van der Waals surface area (Å²) < 4.78 is 10.7. The highest BCUT2D eigenvalue weighted by Crippen LogP contribution is 2.12. The molecule has 0 aliphatic heterocycles. The number of nitrogens with zero attached hydrogens (tertiary/aromatic N) is 1. The van der Waals surface area contributed by atoms with Gasteiger partial charge in [0.15, 0.2) is 0 Å². The molecule has 0 atom stereocenters. The van der Waals surface area contributed by atoms with Gasteiger partial charge >= 0.3 is 8.56 Å². The average Bonchev–Trinajstić information content (AvgIpc) is 2.12. The van der Waals surface area contributed by atoms with Crippen molar-refractivity contribution >= 4 is 8.56 Å². The Kier molecular flexibility index (Phi) is 6.53. The third kappa shape index (κ3) is 6.17. The quantitative estimate of drug-likeness (QED) is 0.380. The first-order chi connectivity index (χ1) is 6.04. The number of hydrazine groups is 1. The molecule has 0 fully saturated rings. The van der Waals surface area contributed by atoms with Gasteiger partial charge in [-0.1, -0.05) is 0 Å². The molecule has 0 unspecified atom stereocenters. The third-order valence-corrected chi connectivity index (χ3v) is 5.09. The van der Waals surface area contributed by atoms with Crippen molar-refractivity contribution in [2.24, 2.45) is 0 Å². The van der Waals surface area contributed by atoms with Crippen molar-refractivity contribution < 1.29 is 8.85 Å². The van der Waals surface area contributed by atoms with Gasteiger partial charge in [0, 0.05) is 34.9 Å². The van der Waals surface area contributed by atoms with E-state index in [0.717, 1.165) is 19.0 Å². The molecule has 80 valence electrons.